The number of benzene rings is 2. The van der Waals surface area contributed by atoms with E-state index in [1.54, 1.807) is 24.3 Å². The first-order chi connectivity index (χ1) is 14.0. The van der Waals surface area contributed by atoms with E-state index < -0.39 is 18.2 Å². The number of hydrogen-bond acceptors (Lipinski definition) is 5. The van der Waals surface area contributed by atoms with Gasteiger partial charge in [0, 0.05) is 31.0 Å². The molecule has 0 aromatic heterocycles. The number of rotatable bonds is 3. The van der Waals surface area contributed by atoms with Crippen molar-refractivity contribution in [3.63, 3.8) is 0 Å². The number of fused-ring (bicyclic) bond motifs is 1. The van der Waals surface area contributed by atoms with Gasteiger partial charge in [-0.1, -0.05) is 29.3 Å². The largest absolute Gasteiger partial charge is 0.440 e. The number of carbonyl (C=O) groups excluding carboxylic acids is 2. The molecular formula is C22H19F2NO4. The maximum Gasteiger partial charge on any atom is 0.350 e. The van der Waals surface area contributed by atoms with Crippen LogP contribution in [0.2, 0.25) is 0 Å². The smallest absolute Gasteiger partial charge is 0.350 e. The second kappa shape index (κ2) is 8.13. The van der Waals surface area contributed by atoms with Gasteiger partial charge in [-0.2, -0.15) is 0 Å². The average molecular weight is 399 g/mol. The SMILES string of the molecule is O=C1/C=C/C(=O)ON2CCC(C(c3ccc(F)cc3)c3ccc(F)cc3)CC2O1. The molecule has 2 aromatic rings. The fourth-order valence-electron chi connectivity index (χ4n) is 3.98. The van der Waals surface area contributed by atoms with E-state index >= 15 is 0 Å². The topological polar surface area (TPSA) is 55.8 Å². The molecule has 1 saturated heterocycles. The highest BCUT2D eigenvalue weighted by atomic mass is 19.1. The maximum atomic E-state index is 13.5. The van der Waals surface area contributed by atoms with Crippen LogP contribution in [0.25, 0.3) is 0 Å². The van der Waals surface area contributed by atoms with Gasteiger partial charge in [-0.05, 0) is 47.7 Å². The number of hydroxylamine groups is 2. The van der Waals surface area contributed by atoms with Crippen molar-refractivity contribution in [2.45, 2.75) is 25.0 Å². The Morgan fingerprint density at radius 2 is 1.41 bits per heavy atom. The van der Waals surface area contributed by atoms with E-state index in [1.807, 2.05) is 0 Å². The van der Waals surface area contributed by atoms with Crippen molar-refractivity contribution in [3.05, 3.63) is 83.4 Å². The van der Waals surface area contributed by atoms with E-state index in [2.05, 4.69) is 0 Å². The highest BCUT2D eigenvalue weighted by Crippen LogP contribution is 2.40. The number of halogens is 2. The molecule has 4 rings (SSSR count). The van der Waals surface area contributed by atoms with Crippen molar-refractivity contribution >= 4 is 11.9 Å². The zero-order valence-electron chi connectivity index (χ0n) is 15.5. The summed E-state index contributed by atoms with van der Waals surface area (Å²) in [7, 11) is 0. The number of esters is 1. The van der Waals surface area contributed by atoms with Crippen molar-refractivity contribution in [3.8, 4) is 0 Å². The van der Waals surface area contributed by atoms with Gasteiger partial charge in [-0.3, -0.25) is 0 Å². The number of piperidine rings is 1. The van der Waals surface area contributed by atoms with E-state index in [4.69, 9.17) is 9.57 Å². The molecule has 7 heteroatoms. The Morgan fingerprint density at radius 1 is 0.862 bits per heavy atom. The van der Waals surface area contributed by atoms with Gasteiger partial charge in [0.1, 0.15) is 11.6 Å². The van der Waals surface area contributed by atoms with Crippen LogP contribution in [0, 0.1) is 17.6 Å². The van der Waals surface area contributed by atoms with E-state index in [0.717, 1.165) is 23.3 Å². The van der Waals surface area contributed by atoms with Crippen LogP contribution in [0.3, 0.4) is 0 Å². The summed E-state index contributed by atoms with van der Waals surface area (Å²) in [6, 6.07) is 12.4. The predicted molar refractivity (Wildman–Crippen MR) is 99.2 cm³/mol. The Hall–Kier alpha value is -3.06. The minimum atomic E-state index is -0.724. The number of carbonyl (C=O) groups is 2. The molecule has 1 fully saturated rings. The molecule has 0 saturated carbocycles. The third-order valence-corrected chi connectivity index (χ3v) is 5.29. The van der Waals surface area contributed by atoms with Crippen molar-refractivity contribution in [2.24, 2.45) is 5.92 Å². The van der Waals surface area contributed by atoms with Gasteiger partial charge in [0.15, 0.2) is 6.23 Å². The van der Waals surface area contributed by atoms with E-state index in [0.29, 0.717) is 19.4 Å². The quantitative estimate of drug-likeness (QED) is 0.737. The lowest BCUT2D eigenvalue weighted by molar-refractivity contribution is -0.252. The van der Waals surface area contributed by atoms with Gasteiger partial charge in [0.25, 0.3) is 0 Å². The monoisotopic (exact) mass is 399 g/mol. The molecule has 0 amide bonds. The molecule has 0 radical (unpaired) electrons. The summed E-state index contributed by atoms with van der Waals surface area (Å²) in [5, 5.41) is 1.38. The van der Waals surface area contributed by atoms with Crippen molar-refractivity contribution in [1.82, 2.24) is 5.06 Å². The molecule has 2 unspecified atom stereocenters. The first-order valence-corrected chi connectivity index (χ1v) is 9.38. The highest BCUT2D eigenvalue weighted by Gasteiger charge is 2.38. The molecule has 0 bridgehead atoms. The summed E-state index contributed by atoms with van der Waals surface area (Å²) in [6.07, 6.45) is 2.40. The lowest BCUT2D eigenvalue weighted by Crippen LogP contribution is -2.47. The van der Waals surface area contributed by atoms with Gasteiger partial charge in [0.05, 0.1) is 0 Å². The standard InChI is InChI=1S/C22H19F2NO4/c23-17-5-1-14(2-6-17)22(15-3-7-18(24)8-4-15)16-11-12-25-19(13-16)28-20(26)9-10-21(27)29-25/h1-10,16,19,22H,11-13H2/b10-9+. The normalized spacial score (nSPS) is 23.6. The average Bonchev–Trinajstić information content (AvgIpc) is 2.70. The van der Waals surface area contributed by atoms with Gasteiger partial charge in [-0.15, -0.1) is 0 Å². The Morgan fingerprint density at radius 3 is 2.00 bits per heavy atom. The zero-order valence-corrected chi connectivity index (χ0v) is 15.5. The summed E-state index contributed by atoms with van der Waals surface area (Å²) >= 11 is 0. The molecule has 2 atom stereocenters. The maximum absolute atomic E-state index is 13.5. The Balaban J connectivity index is 1.65. The second-order valence-electron chi connectivity index (χ2n) is 7.14. The molecule has 0 aliphatic carbocycles. The van der Waals surface area contributed by atoms with Crippen LogP contribution >= 0.6 is 0 Å². The highest BCUT2D eigenvalue weighted by molar-refractivity contribution is 5.92. The molecule has 5 nitrogen and oxygen atoms in total. The molecule has 2 aromatic carbocycles. The lowest BCUT2D eigenvalue weighted by Gasteiger charge is -2.40. The van der Waals surface area contributed by atoms with Crippen LogP contribution in [-0.4, -0.2) is 29.8 Å². The minimum Gasteiger partial charge on any atom is -0.440 e. The predicted octanol–water partition coefficient (Wildman–Crippen LogP) is 3.71. The molecule has 150 valence electrons. The van der Waals surface area contributed by atoms with Crippen molar-refractivity contribution in [1.29, 1.82) is 0 Å². The summed E-state index contributed by atoms with van der Waals surface area (Å²) in [4.78, 5) is 28.9. The fourth-order valence-corrected chi connectivity index (χ4v) is 3.98. The van der Waals surface area contributed by atoms with Crippen LogP contribution < -0.4 is 0 Å². The van der Waals surface area contributed by atoms with E-state index in [-0.39, 0.29) is 23.5 Å². The summed E-state index contributed by atoms with van der Waals surface area (Å²) in [5.41, 5.74) is 1.76. The van der Waals surface area contributed by atoms with Gasteiger partial charge < -0.3 is 9.57 Å². The third-order valence-electron chi connectivity index (χ3n) is 5.29. The number of ether oxygens (including phenoxy) is 1. The Kier molecular flexibility index (Phi) is 5.40. The van der Waals surface area contributed by atoms with Gasteiger partial charge in [-0.25, -0.2) is 18.4 Å². The fraction of sp³-hybridized carbons (Fsp3) is 0.273. The third kappa shape index (κ3) is 4.35. The van der Waals surface area contributed by atoms with Gasteiger partial charge >= 0.3 is 11.9 Å². The second-order valence-corrected chi connectivity index (χ2v) is 7.14. The lowest BCUT2D eigenvalue weighted by atomic mass is 9.76. The van der Waals surface area contributed by atoms with Crippen LogP contribution in [0.4, 0.5) is 8.78 Å². The molecular weight excluding hydrogens is 380 g/mol. The molecule has 0 N–H and O–H groups in total. The minimum absolute atomic E-state index is 0.00193. The molecule has 2 heterocycles. The van der Waals surface area contributed by atoms with Crippen LogP contribution in [0.5, 0.6) is 0 Å². The molecule has 2 aliphatic rings. The molecule has 2 aliphatic heterocycles. The first kappa shape index (κ1) is 19.3. The number of hydrogen-bond donors (Lipinski definition) is 0. The van der Waals surface area contributed by atoms with Crippen LogP contribution in [0.1, 0.15) is 29.9 Å². The first-order valence-electron chi connectivity index (χ1n) is 9.38. The van der Waals surface area contributed by atoms with E-state index in [9.17, 15) is 18.4 Å². The van der Waals surface area contributed by atoms with Crippen LogP contribution in [0.15, 0.2) is 60.7 Å². The zero-order chi connectivity index (χ0) is 20.4. The van der Waals surface area contributed by atoms with Crippen LogP contribution in [-0.2, 0) is 19.2 Å². The Bertz CT molecular complexity index is 881. The van der Waals surface area contributed by atoms with Gasteiger partial charge in [0.2, 0.25) is 0 Å². The van der Waals surface area contributed by atoms with Crippen molar-refractivity contribution < 1.29 is 27.9 Å². The molecule has 0 spiro atoms. The Labute approximate surface area is 166 Å². The number of nitrogens with zero attached hydrogens (tertiary/aromatic N) is 1. The summed E-state index contributed by atoms with van der Waals surface area (Å²) < 4.78 is 32.4. The summed E-state index contributed by atoms with van der Waals surface area (Å²) in [5.74, 6) is -2.07. The summed E-state index contributed by atoms with van der Waals surface area (Å²) in [6.45, 7) is 0.376. The van der Waals surface area contributed by atoms with Crippen molar-refractivity contribution in [2.75, 3.05) is 6.54 Å². The van der Waals surface area contributed by atoms with E-state index in [1.165, 1.54) is 29.3 Å². The molecule has 29 heavy (non-hydrogen) atoms.